The molecule has 22 heavy (non-hydrogen) atoms. The smallest absolute Gasteiger partial charge is 0.230 e. The molecule has 0 atom stereocenters. The summed E-state index contributed by atoms with van der Waals surface area (Å²) in [6.07, 6.45) is 0.579. The molecule has 0 heterocycles. The lowest BCUT2D eigenvalue weighted by Gasteiger charge is -2.21. The van der Waals surface area contributed by atoms with Crippen molar-refractivity contribution in [3.05, 3.63) is 60.7 Å². The van der Waals surface area contributed by atoms with Gasteiger partial charge in [-0.1, -0.05) is 36.4 Å². The van der Waals surface area contributed by atoms with E-state index in [1.807, 2.05) is 60.7 Å². The first-order valence-electron chi connectivity index (χ1n) is 7.21. The second-order valence-electron chi connectivity index (χ2n) is 4.70. The molecule has 0 aliphatic heterocycles. The molecule has 1 amide bonds. The molecular weight excluding hydrogens is 276 g/mol. The maximum Gasteiger partial charge on any atom is 0.230 e. The highest BCUT2D eigenvalue weighted by Crippen LogP contribution is 2.15. The average molecular weight is 294 g/mol. The molecule has 0 fully saturated rings. The Morgan fingerprint density at radius 2 is 1.68 bits per heavy atom. The third-order valence-electron chi connectivity index (χ3n) is 3.14. The van der Waals surface area contributed by atoms with Crippen molar-refractivity contribution in [1.82, 2.24) is 0 Å². The first kappa shape index (κ1) is 15.6. The Labute approximate surface area is 130 Å². The van der Waals surface area contributed by atoms with Gasteiger partial charge in [0, 0.05) is 12.2 Å². The molecule has 0 saturated heterocycles. The van der Waals surface area contributed by atoms with E-state index in [1.54, 1.807) is 4.90 Å². The fraction of sp³-hybridized carbons (Fsp3) is 0.222. The van der Waals surface area contributed by atoms with Crippen molar-refractivity contribution in [2.75, 3.05) is 18.1 Å². The monoisotopic (exact) mass is 294 g/mol. The molecule has 0 unspecified atom stereocenters. The molecule has 0 N–H and O–H groups in total. The van der Waals surface area contributed by atoms with Gasteiger partial charge in [-0.15, -0.1) is 0 Å². The highest BCUT2D eigenvalue weighted by Gasteiger charge is 2.15. The highest BCUT2D eigenvalue weighted by molar-refractivity contribution is 5.93. The van der Waals surface area contributed by atoms with Crippen LogP contribution in [0.1, 0.15) is 12.8 Å². The zero-order chi connectivity index (χ0) is 15.6. The van der Waals surface area contributed by atoms with Gasteiger partial charge in [-0.25, -0.2) is 0 Å². The number of ether oxygens (including phenoxy) is 1. The van der Waals surface area contributed by atoms with Gasteiger partial charge in [0.2, 0.25) is 5.91 Å². The molecule has 2 rings (SSSR count). The molecule has 4 heteroatoms. The normalized spacial score (nSPS) is 9.77. The van der Waals surface area contributed by atoms with Crippen molar-refractivity contribution < 1.29 is 9.53 Å². The van der Waals surface area contributed by atoms with Crippen LogP contribution < -0.4 is 9.64 Å². The summed E-state index contributed by atoms with van der Waals surface area (Å²) in [4.78, 5) is 14.0. The minimum Gasteiger partial charge on any atom is -0.493 e. The fourth-order valence-electron chi connectivity index (χ4n) is 2.08. The minimum absolute atomic E-state index is 0.0441. The molecule has 0 aromatic heterocycles. The van der Waals surface area contributed by atoms with E-state index >= 15 is 0 Å². The van der Waals surface area contributed by atoms with Crippen molar-refractivity contribution in [2.24, 2.45) is 0 Å². The summed E-state index contributed by atoms with van der Waals surface area (Å²) in [6, 6.07) is 20.9. The van der Waals surface area contributed by atoms with Crippen LogP contribution in [0.4, 0.5) is 5.69 Å². The Bertz CT molecular complexity index is 621. The van der Waals surface area contributed by atoms with Crippen molar-refractivity contribution >= 4 is 11.6 Å². The maximum atomic E-state index is 12.4. The molecule has 0 saturated carbocycles. The number of anilines is 1. The number of para-hydroxylation sites is 2. The number of nitriles is 1. The summed E-state index contributed by atoms with van der Waals surface area (Å²) < 4.78 is 5.55. The summed E-state index contributed by atoms with van der Waals surface area (Å²) in [6.45, 7) is 0.712. The Morgan fingerprint density at radius 3 is 2.32 bits per heavy atom. The van der Waals surface area contributed by atoms with Crippen molar-refractivity contribution in [3.8, 4) is 11.8 Å². The number of carbonyl (C=O) groups is 1. The standard InChI is InChI=1S/C18H18N2O2/c19-13-7-14-20(16-8-3-1-4-9-16)18(21)12-15-22-17-10-5-2-6-11-17/h1-6,8-11H,7,12,14-15H2. The summed E-state index contributed by atoms with van der Waals surface area (Å²) >= 11 is 0. The first-order chi connectivity index (χ1) is 10.8. The minimum atomic E-state index is -0.0441. The molecule has 0 aliphatic rings. The number of carbonyl (C=O) groups excluding carboxylic acids is 1. The average Bonchev–Trinajstić information content (AvgIpc) is 2.57. The Hall–Kier alpha value is -2.80. The molecule has 2 aromatic carbocycles. The van der Waals surface area contributed by atoms with Crippen LogP contribution in [0.2, 0.25) is 0 Å². The fourth-order valence-corrected chi connectivity index (χ4v) is 2.08. The summed E-state index contributed by atoms with van der Waals surface area (Å²) in [5, 5.41) is 8.76. The van der Waals surface area contributed by atoms with E-state index in [1.165, 1.54) is 0 Å². The number of rotatable bonds is 7. The van der Waals surface area contributed by atoms with Gasteiger partial charge in [0.1, 0.15) is 5.75 Å². The van der Waals surface area contributed by atoms with Crippen LogP contribution in [0.25, 0.3) is 0 Å². The highest BCUT2D eigenvalue weighted by atomic mass is 16.5. The van der Waals surface area contributed by atoms with Gasteiger partial charge in [-0.2, -0.15) is 5.26 Å². The van der Waals surface area contributed by atoms with Gasteiger partial charge >= 0.3 is 0 Å². The molecule has 0 aliphatic carbocycles. The predicted molar refractivity (Wildman–Crippen MR) is 85.6 cm³/mol. The van der Waals surface area contributed by atoms with E-state index < -0.39 is 0 Å². The molecular formula is C18H18N2O2. The SMILES string of the molecule is N#CCCN(C(=O)CCOc1ccccc1)c1ccccc1. The van der Waals surface area contributed by atoms with E-state index in [0.29, 0.717) is 19.6 Å². The Balaban J connectivity index is 1.93. The van der Waals surface area contributed by atoms with Gasteiger partial charge in [-0.3, -0.25) is 4.79 Å². The zero-order valence-electron chi connectivity index (χ0n) is 12.3. The number of benzene rings is 2. The quantitative estimate of drug-likeness (QED) is 0.786. The van der Waals surface area contributed by atoms with Crippen molar-refractivity contribution in [2.45, 2.75) is 12.8 Å². The first-order valence-corrected chi connectivity index (χ1v) is 7.21. The maximum absolute atomic E-state index is 12.4. The molecule has 0 radical (unpaired) electrons. The lowest BCUT2D eigenvalue weighted by Crippen LogP contribution is -2.32. The molecule has 4 nitrogen and oxygen atoms in total. The van der Waals surface area contributed by atoms with Gasteiger partial charge < -0.3 is 9.64 Å². The Kier molecular flexibility index (Phi) is 6.01. The number of hydrogen-bond donors (Lipinski definition) is 0. The molecule has 112 valence electrons. The van der Waals surface area contributed by atoms with Crippen LogP contribution in [-0.4, -0.2) is 19.1 Å². The summed E-state index contributed by atoms with van der Waals surface area (Å²) in [7, 11) is 0. The van der Waals surface area contributed by atoms with Crippen LogP contribution in [0.15, 0.2) is 60.7 Å². The molecule has 0 bridgehead atoms. The third-order valence-corrected chi connectivity index (χ3v) is 3.14. The van der Waals surface area contributed by atoms with E-state index in [-0.39, 0.29) is 12.3 Å². The topological polar surface area (TPSA) is 53.3 Å². The third kappa shape index (κ3) is 4.64. The van der Waals surface area contributed by atoms with Crippen molar-refractivity contribution in [3.63, 3.8) is 0 Å². The van der Waals surface area contributed by atoms with Gasteiger partial charge in [0.25, 0.3) is 0 Å². The number of amides is 1. The second kappa shape index (κ2) is 8.48. The zero-order valence-corrected chi connectivity index (χ0v) is 12.3. The van der Waals surface area contributed by atoms with Crippen LogP contribution in [0.5, 0.6) is 5.75 Å². The van der Waals surface area contributed by atoms with Gasteiger partial charge in [0.15, 0.2) is 0 Å². The van der Waals surface area contributed by atoms with Crippen LogP contribution in [0.3, 0.4) is 0 Å². The molecule has 0 spiro atoms. The lowest BCUT2D eigenvalue weighted by molar-refractivity contribution is -0.119. The largest absolute Gasteiger partial charge is 0.493 e. The van der Waals surface area contributed by atoms with E-state index in [4.69, 9.17) is 10.00 Å². The predicted octanol–water partition coefficient (Wildman–Crippen LogP) is 3.40. The Morgan fingerprint density at radius 1 is 1.05 bits per heavy atom. The lowest BCUT2D eigenvalue weighted by atomic mass is 10.2. The van der Waals surface area contributed by atoms with Crippen molar-refractivity contribution in [1.29, 1.82) is 5.26 Å². The number of nitrogens with zero attached hydrogens (tertiary/aromatic N) is 2. The summed E-state index contributed by atoms with van der Waals surface area (Å²) in [5.41, 5.74) is 0.808. The van der Waals surface area contributed by atoms with E-state index in [0.717, 1.165) is 11.4 Å². The van der Waals surface area contributed by atoms with E-state index in [2.05, 4.69) is 6.07 Å². The van der Waals surface area contributed by atoms with Crippen LogP contribution in [-0.2, 0) is 4.79 Å². The van der Waals surface area contributed by atoms with Gasteiger partial charge in [-0.05, 0) is 24.3 Å². The second-order valence-corrected chi connectivity index (χ2v) is 4.70. The molecule has 2 aromatic rings. The summed E-state index contributed by atoms with van der Waals surface area (Å²) in [5.74, 6) is 0.705. The number of hydrogen-bond acceptors (Lipinski definition) is 3. The van der Waals surface area contributed by atoms with Crippen LogP contribution in [0, 0.1) is 11.3 Å². The van der Waals surface area contributed by atoms with Gasteiger partial charge in [0.05, 0.1) is 25.5 Å². The van der Waals surface area contributed by atoms with Crippen LogP contribution >= 0.6 is 0 Å². The van der Waals surface area contributed by atoms with E-state index in [9.17, 15) is 4.79 Å².